The van der Waals surface area contributed by atoms with Gasteiger partial charge in [-0.2, -0.15) is 0 Å². The van der Waals surface area contributed by atoms with Crippen molar-refractivity contribution in [3.8, 4) is 21.1 Å². The molecule has 0 radical (unpaired) electrons. The van der Waals surface area contributed by atoms with Gasteiger partial charge in [-0.3, -0.25) is 9.97 Å². The highest BCUT2D eigenvalue weighted by molar-refractivity contribution is 7.16. The summed E-state index contributed by atoms with van der Waals surface area (Å²) in [4.78, 5) is 14.1. The number of aliphatic hydroxyl groups is 2. The number of aromatic nitrogens is 2. The smallest absolute Gasteiger partial charge is 0.0988 e. The van der Waals surface area contributed by atoms with Crippen molar-refractivity contribution >= 4 is 22.7 Å². The molecule has 2 N–H and O–H groups in total. The van der Waals surface area contributed by atoms with Gasteiger partial charge in [0.2, 0.25) is 0 Å². The first-order valence-corrected chi connectivity index (χ1v) is 11.6. The van der Waals surface area contributed by atoms with Gasteiger partial charge in [-0.25, -0.2) is 0 Å². The van der Waals surface area contributed by atoms with Gasteiger partial charge in [0, 0.05) is 9.75 Å². The molecule has 0 aromatic carbocycles. The minimum Gasteiger partial charge on any atom is -0.394 e. The third-order valence-electron chi connectivity index (χ3n) is 4.48. The summed E-state index contributed by atoms with van der Waals surface area (Å²) in [6, 6.07) is 4.34. The molecule has 6 nitrogen and oxygen atoms in total. The third kappa shape index (κ3) is 6.16. The Bertz CT molecular complexity index is 847. The van der Waals surface area contributed by atoms with Crippen LogP contribution in [-0.2, 0) is 22.3 Å². The van der Waals surface area contributed by atoms with Crippen LogP contribution in [0.3, 0.4) is 0 Å². The second kappa shape index (κ2) is 11.6. The highest BCUT2D eigenvalue weighted by Crippen LogP contribution is 2.34. The number of ether oxygens (including phenoxy) is 2. The van der Waals surface area contributed by atoms with Gasteiger partial charge in [0.05, 0.1) is 73.2 Å². The van der Waals surface area contributed by atoms with Crippen molar-refractivity contribution in [3.63, 3.8) is 0 Å². The standard InChI is InChI=1S/C22H28N2O4S2/c1-15-11-17(3-7-27-9-5-25)21(29-15)19-13-24-20(14-23-19)22-18(12-16(2)30-22)4-8-28-10-6-26/h11-14,25-26H,3-10H2,1-2H3. The van der Waals surface area contributed by atoms with Crippen LogP contribution >= 0.6 is 22.7 Å². The summed E-state index contributed by atoms with van der Waals surface area (Å²) in [5.41, 5.74) is 4.14. The molecule has 0 fully saturated rings. The van der Waals surface area contributed by atoms with E-state index in [0.29, 0.717) is 26.4 Å². The molecule has 0 saturated carbocycles. The normalized spacial score (nSPS) is 11.3. The average Bonchev–Trinajstić information content (AvgIpc) is 3.31. The fraction of sp³-hybridized carbons (Fsp3) is 0.455. The molecule has 0 unspecified atom stereocenters. The van der Waals surface area contributed by atoms with Crippen molar-refractivity contribution in [1.82, 2.24) is 9.97 Å². The fourth-order valence-electron chi connectivity index (χ4n) is 3.20. The number of hydrogen-bond acceptors (Lipinski definition) is 8. The molecule has 0 aliphatic rings. The molecule has 30 heavy (non-hydrogen) atoms. The average molecular weight is 449 g/mol. The lowest BCUT2D eigenvalue weighted by atomic mass is 10.1. The zero-order chi connectivity index (χ0) is 21.3. The van der Waals surface area contributed by atoms with Gasteiger partial charge in [-0.05, 0) is 49.9 Å². The second-order valence-electron chi connectivity index (χ2n) is 6.88. The number of thiophene rings is 2. The number of rotatable bonds is 12. The Morgan fingerprint density at radius 3 is 1.53 bits per heavy atom. The lowest BCUT2D eigenvalue weighted by Gasteiger charge is -2.06. The first-order chi connectivity index (χ1) is 14.6. The van der Waals surface area contributed by atoms with Crippen molar-refractivity contribution in [3.05, 3.63) is 45.4 Å². The molecule has 0 amide bonds. The summed E-state index contributed by atoms with van der Waals surface area (Å²) in [6.07, 6.45) is 5.26. The molecule has 0 saturated heterocycles. The largest absolute Gasteiger partial charge is 0.394 e. The maximum Gasteiger partial charge on any atom is 0.0988 e. The summed E-state index contributed by atoms with van der Waals surface area (Å²) in [6.45, 7) is 6.14. The molecule has 8 heteroatoms. The van der Waals surface area contributed by atoms with Crippen LogP contribution in [0.5, 0.6) is 0 Å². The van der Waals surface area contributed by atoms with Gasteiger partial charge in [0.25, 0.3) is 0 Å². The quantitative estimate of drug-likeness (QED) is 0.412. The maximum atomic E-state index is 8.86. The van der Waals surface area contributed by atoms with Crippen molar-refractivity contribution in [2.75, 3.05) is 39.6 Å². The minimum absolute atomic E-state index is 0.0419. The second-order valence-corrected chi connectivity index (χ2v) is 9.39. The van der Waals surface area contributed by atoms with Crippen LogP contribution in [0.15, 0.2) is 24.5 Å². The molecule has 3 aromatic heterocycles. The third-order valence-corrected chi connectivity index (χ3v) is 6.71. The van der Waals surface area contributed by atoms with E-state index in [-0.39, 0.29) is 13.2 Å². The molecule has 0 aliphatic carbocycles. The lowest BCUT2D eigenvalue weighted by molar-refractivity contribution is 0.0945. The zero-order valence-electron chi connectivity index (χ0n) is 17.4. The summed E-state index contributed by atoms with van der Waals surface area (Å²) in [5, 5.41) is 17.7. The fourth-order valence-corrected chi connectivity index (χ4v) is 5.25. The van der Waals surface area contributed by atoms with Crippen LogP contribution in [-0.4, -0.2) is 59.8 Å². The first kappa shape index (κ1) is 23.0. The van der Waals surface area contributed by atoms with Crippen molar-refractivity contribution in [2.24, 2.45) is 0 Å². The van der Waals surface area contributed by atoms with Crippen molar-refractivity contribution < 1.29 is 19.7 Å². The minimum atomic E-state index is 0.0419. The summed E-state index contributed by atoms with van der Waals surface area (Å²) < 4.78 is 10.8. The number of aliphatic hydroxyl groups excluding tert-OH is 2. The molecule has 162 valence electrons. The SMILES string of the molecule is Cc1cc(CCOCCO)c(-c2cnc(-c3sc(C)cc3CCOCCO)cn2)s1. The van der Waals surface area contributed by atoms with E-state index in [1.165, 1.54) is 20.9 Å². The van der Waals surface area contributed by atoms with Gasteiger partial charge in [-0.1, -0.05) is 0 Å². The molecule has 3 heterocycles. The lowest BCUT2D eigenvalue weighted by Crippen LogP contribution is -2.03. The van der Waals surface area contributed by atoms with Gasteiger partial charge < -0.3 is 19.7 Å². The Hall–Kier alpha value is -1.68. The van der Waals surface area contributed by atoms with Gasteiger partial charge >= 0.3 is 0 Å². The van der Waals surface area contributed by atoms with Crippen LogP contribution in [0.4, 0.5) is 0 Å². The van der Waals surface area contributed by atoms with Crippen molar-refractivity contribution in [2.45, 2.75) is 26.7 Å². The Morgan fingerprint density at radius 2 is 1.17 bits per heavy atom. The van der Waals surface area contributed by atoms with E-state index in [0.717, 1.165) is 34.0 Å². The summed E-state index contributed by atoms with van der Waals surface area (Å²) in [5.74, 6) is 0. The molecular weight excluding hydrogens is 420 g/mol. The zero-order valence-corrected chi connectivity index (χ0v) is 19.0. The maximum absolute atomic E-state index is 8.86. The highest BCUT2D eigenvalue weighted by Gasteiger charge is 2.14. The van der Waals surface area contributed by atoms with E-state index < -0.39 is 0 Å². The van der Waals surface area contributed by atoms with E-state index in [2.05, 4.69) is 26.0 Å². The Morgan fingerprint density at radius 1 is 0.733 bits per heavy atom. The molecule has 0 spiro atoms. The van der Waals surface area contributed by atoms with Gasteiger partial charge in [0.1, 0.15) is 0 Å². The van der Waals surface area contributed by atoms with Gasteiger partial charge in [0.15, 0.2) is 0 Å². The van der Waals surface area contributed by atoms with E-state index in [1.807, 2.05) is 12.4 Å². The van der Waals surface area contributed by atoms with Crippen LogP contribution in [0.2, 0.25) is 0 Å². The highest BCUT2D eigenvalue weighted by atomic mass is 32.1. The summed E-state index contributed by atoms with van der Waals surface area (Å²) >= 11 is 3.43. The monoisotopic (exact) mass is 448 g/mol. The van der Waals surface area contributed by atoms with Crippen LogP contribution < -0.4 is 0 Å². The Kier molecular flexibility index (Phi) is 8.92. The first-order valence-electron chi connectivity index (χ1n) is 10.0. The topological polar surface area (TPSA) is 84.7 Å². The van der Waals surface area contributed by atoms with Crippen LogP contribution in [0.25, 0.3) is 21.1 Å². The van der Waals surface area contributed by atoms with Crippen LogP contribution in [0.1, 0.15) is 20.9 Å². The molecular formula is C22H28N2O4S2. The molecule has 0 bridgehead atoms. The molecule has 3 aromatic rings. The Balaban J connectivity index is 1.75. The Labute approximate surface area is 185 Å². The predicted molar refractivity (Wildman–Crippen MR) is 121 cm³/mol. The molecule has 0 atom stereocenters. The number of hydrogen-bond donors (Lipinski definition) is 2. The van der Waals surface area contributed by atoms with Crippen molar-refractivity contribution in [1.29, 1.82) is 0 Å². The summed E-state index contributed by atoms with van der Waals surface area (Å²) in [7, 11) is 0. The van der Waals surface area contributed by atoms with Crippen LogP contribution in [0, 0.1) is 13.8 Å². The number of nitrogens with zero attached hydrogens (tertiary/aromatic N) is 2. The van der Waals surface area contributed by atoms with E-state index >= 15 is 0 Å². The van der Waals surface area contributed by atoms with Gasteiger partial charge in [-0.15, -0.1) is 22.7 Å². The molecule has 3 rings (SSSR count). The number of aryl methyl sites for hydroxylation is 2. The molecule has 0 aliphatic heterocycles. The predicted octanol–water partition coefficient (Wildman–Crippen LogP) is 3.65. The van der Waals surface area contributed by atoms with E-state index in [1.54, 1.807) is 22.7 Å². The van der Waals surface area contributed by atoms with E-state index in [9.17, 15) is 0 Å². The van der Waals surface area contributed by atoms with E-state index in [4.69, 9.17) is 29.7 Å².